The zero-order valence-electron chi connectivity index (χ0n) is 12.0. The molecule has 3 rings (SSSR count). The molecule has 0 aliphatic rings. The normalized spacial score (nSPS) is 10.7. The van der Waals surface area contributed by atoms with E-state index in [0.29, 0.717) is 22.1 Å². The van der Waals surface area contributed by atoms with Crippen molar-refractivity contribution in [2.75, 3.05) is 5.32 Å². The lowest BCUT2D eigenvalue weighted by Crippen LogP contribution is -2.13. The predicted molar refractivity (Wildman–Crippen MR) is 82.3 cm³/mol. The Morgan fingerprint density at radius 2 is 1.82 bits per heavy atom. The minimum atomic E-state index is -0.234. The smallest absolute Gasteiger partial charge is 0.255 e. The highest BCUT2D eigenvalue weighted by atomic mass is 35.5. The SMILES string of the molecule is Cc1c(NC(=O)c2ccc(Cl)cc2)c(-n2cnnc2)nn1C. The Balaban J connectivity index is 1.95. The fraction of sp³-hybridized carbons (Fsp3) is 0.143. The van der Waals surface area contributed by atoms with Crippen LogP contribution in [0.5, 0.6) is 0 Å². The first-order chi connectivity index (χ1) is 10.6. The van der Waals surface area contributed by atoms with Gasteiger partial charge >= 0.3 is 0 Å². The third-order valence-corrected chi connectivity index (χ3v) is 3.58. The van der Waals surface area contributed by atoms with E-state index in [1.807, 2.05) is 6.92 Å². The monoisotopic (exact) mass is 316 g/mol. The maximum absolute atomic E-state index is 12.4. The number of nitrogens with zero attached hydrogens (tertiary/aromatic N) is 5. The lowest BCUT2D eigenvalue weighted by Gasteiger charge is -2.07. The summed E-state index contributed by atoms with van der Waals surface area (Å²) >= 11 is 5.84. The second-order valence-electron chi connectivity index (χ2n) is 4.74. The number of anilines is 1. The van der Waals surface area contributed by atoms with Crippen LogP contribution in [0.1, 0.15) is 16.1 Å². The molecule has 0 spiro atoms. The van der Waals surface area contributed by atoms with Gasteiger partial charge in [-0.15, -0.1) is 10.2 Å². The summed E-state index contributed by atoms with van der Waals surface area (Å²) in [5, 5.41) is 15.4. The van der Waals surface area contributed by atoms with Crippen molar-refractivity contribution in [3.63, 3.8) is 0 Å². The maximum atomic E-state index is 12.4. The summed E-state index contributed by atoms with van der Waals surface area (Å²) in [4.78, 5) is 12.4. The zero-order valence-corrected chi connectivity index (χ0v) is 12.7. The largest absolute Gasteiger partial charge is 0.317 e. The molecule has 8 heteroatoms. The van der Waals surface area contributed by atoms with Gasteiger partial charge in [-0.2, -0.15) is 5.10 Å². The molecule has 0 saturated carbocycles. The first-order valence-electron chi connectivity index (χ1n) is 6.52. The van der Waals surface area contributed by atoms with Crippen LogP contribution in [-0.2, 0) is 7.05 Å². The number of aryl methyl sites for hydroxylation is 1. The molecule has 22 heavy (non-hydrogen) atoms. The van der Waals surface area contributed by atoms with Crippen LogP contribution < -0.4 is 5.32 Å². The number of halogens is 1. The van der Waals surface area contributed by atoms with Crippen molar-refractivity contribution in [3.05, 3.63) is 53.2 Å². The summed E-state index contributed by atoms with van der Waals surface area (Å²) in [5.41, 5.74) is 1.95. The van der Waals surface area contributed by atoms with E-state index in [1.54, 1.807) is 40.6 Å². The Morgan fingerprint density at radius 1 is 1.18 bits per heavy atom. The summed E-state index contributed by atoms with van der Waals surface area (Å²) in [7, 11) is 1.81. The molecule has 1 N–H and O–H groups in total. The van der Waals surface area contributed by atoms with Crippen LogP contribution in [-0.4, -0.2) is 30.5 Å². The van der Waals surface area contributed by atoms with Crippen molar-refractivity contribution in [3.8, 4) is 5.82 Å². The Kier molecular flexibility index (Phi) is 3.64. The molecular formula is C14H13ClN6O. The molecule has 2 aromatic heterocycles. The minimum absolute atomic E-state index is 0.234. The molecule has 0 saturated heterocycles. The molecule has 0 radical (unpaired) electrons. The number of nitrogens with one attached hydrogen (secondary N) is 1. The molecule has 0 fully saturated rings. The van der Waals surface area contributed by atoms with E-state index < -0.39 is 0 Å². The van der Waals surface area contributed by atoms with Crippen molar-refractivity contribution in [2.24, 2.45) is 7.05 Å². The van der Waals surface area contributed by atoms with Gasteiger partial charge in [0.15, 0.2) is 5.82 Å². The minimum Gasteiger partial charge on any atom is -0.317 e. The summed E-state index contributed by atoms with van der Waals surface area (Å²) in [6.45, 7) is 1.87. The van der Waals surface area contributed by atoms with E-state index in [4.69, 9.17) is 11.6 Å². The molecule has 3 aromatic rings. The molecule has 2 heterocycles. The second kappa shape index (κ2) is 5.61. The fourth-order valence-electron chi connectivity index (χ4n) is 2.01. The lowest BCUT2D eigenvalue weighted by molar-refractivity contribution is 0.102. The number of rotatable bonds is 3. The van der Waals surface area contributed by atoms with Gasteiger partial charge in [0.05, 0.1) is 5.69 Å². The number of hydrogen-bond acceptors (Lipinski definition) is 4. The fourth-order valence-corrected chi connectivity index (χ4v) is 2.14. The number of carbonyl (C=O) groups excluding carboxylic acids is 1. The molecule has 0 unspecified atom stereocenters. The first-order valence-corrected chi connectivity index (χ1v) is 6.89. The van der Waals surface area contributed by atoms with Gasteiger partial charge in [0.25, 0.3) is 5.91 Å². The summed E-state index contributed by atoms with van der Waals surface area (Å²) in [5.74, 6) is 0.328. The van der Waals surface area contributed by atoms with Crippen LogP contribution in [0.15, 0.2) is 36.9 Å². The van der Waals surface area contributed by atoms with E-state index in [9.17, 15) is 4.79 Å². The summed E-state index contributed by atoms with van der Waals surface area (Å²) in [6.07, 6.45) is 3.05. The zero-order chi connectivity index (χ0) is 15.7. The average molecular weight is 317 g/mol. The Hall–Kier alpha value is -2.67. The average Bonchev–Trinajstić information content (AvgIpc) is 3.12. The van der Waals surface area contributed by atoms with E-state index >= 15 is 0 Å². The van der Waals surface area contributed by atoms with Crippen molar-refractivity contribution >= 4 is 23.2 Å². The van der Waals surface area contributed by atoms with E-state index in [1.165, 1.54) is 12.7 Å². The number of hydrogen-bond donors (Lipinski definition) is 1. The van der Waals surface area contributed by atoms with Gasteiger partial charge in [-0.25, -0.2) is 0 Å². The van der Waals surface area contributed by atoms with Crippen molar-refractivity contribution < 1.29 is 4.79 Å². The third-order valence-electron chi connectivity index (χ3n) is 3.32. The molecule has 112 valence electrons. The second-order valence-corrected chi connectivity index (χ2v) is 5.17. The Bertz CT molecular complexity index is 807. The van der Waals surface area contributed by atoms with Crippen LogP contribution in [0.2, 0.25) is 5.02 Å². The topological polar surface area (TPSA) is 77.6 Å². The van der Waals surface area contributed by atoms with E-state index in [2.05, 4.69) is 20.6 Å². The van der Waals surface area contributed by atoms with Crippen molar-refractivity contribution in [1.29, 1.82) is 0 Å². The molecule has 0 bridgehead atoms. The number of aromatic nitrogens is 5. The van der Waals surface area contributed by atoms with Crippen LogP contribution >= 0.6 is 11.6 Å². The van der Waals surface area contributed by atoms with Gasteiger partial charge in [0, 0.05) is 17.6 Å². The Morgan fingerprint density at radius 3 is 2.45 bits per heavy atom. The lowest BCUT2D eigenvalue weighted by atomic mass is 10.2. The van der Waals surface area contributed by atoms with E-state index in [-0.39, 0.29) is 5.91 Å². The van der Waals surface area contributed by atoms with Gasteiger partial charge in [-0.3, -0.25) is 14.0 Å². The van der Waals surface area contributed by atoms with Gasteiger partial charge in [-0.05, 0) is 31.2 Å². The van der Waals surface area contributed by atoms with Crippen molar-refractivity contribution in [2.45, 2.75) is 6.92 Å². The maximum Gasteiger partial charge on any atom is 0.255 e. The summed E-state index contributed by atoms with van der Waals surface area (Å²) in [6, 6.07) is 6.68. The highest BCUT2D eigenvalue weighted by Crippen LogP contribution is 2.23. The van der Waals surface area contributed by atoms with Crippen LogP contribution in [0.25, 0.3) is 5.82 Å². The van der Waals surface area contributed by atoms with Crippen molar-refractivity contribution in [1.82, 2.24) is 24.5 Å². The van der Waals surface area contributed by atoms with Crippen LogP contribution in [0.4, 0.5) is 5.69 Å². The van der Waals surface area contributed by atoms with Gasteiger partial charge in [-0.1, -0.05) is 11.6 Å². The van der Waals surface area contributed by atoms with Gasteiger partial charge in [0.2, 0.25) is 0 Å². The number of amides is 1. The van der Waals surface area contributed by atoms with E-state index in [0.717, 1.165) is 5.69 Å². The molecular weight excluding hydrogens is 304 g/mol. The highest BCUT2D eigenvalue weighted by molar-refractivity contribution is 6.30. The predicted octanol–water partition coefficient (Wildman–Crippen LogP) is 2.21. The first kappa shape index (κ1) is 14.3. The number of carbonyl (C=O) groups is 1. The standard InChI is InChI=1S/C14H13ClN6O/c1-9-12(13(19-20(9)2)21-7-16-17-8-21)18-14(22)10-3-5-11(15)6-4-10/h3-8H,1-2H3,(H,18,22). The van der Waals surface area contributed by atoms with Crippen LogP contribution in [0, 0.1) is 6.92 Å². The molecule has 0 aliphatic heterocycles. The van der Waals surface area contributed by atoms with Gasteiger partial charge < -0.3 is 5.32 Å². The molecule has 1 amide bonds. The molecule has 0 atom stereocenters. The third kappa shape index (κ3) is 2.58. The van der Waals surface area contributed by atoms with Crippen LogP contribution in [0.3, 0.4) is 0 Å². The molecule has 7 nitrogen and oxygen atoms in total. The Labute approximate surface area is 131 Å². The van der Waals surface area contributed by atoms with Gasteiger partial charge in [0.1, 0.15) is 18.3 Å². The molecule has 1 aromatic carbocycles. The molecule has 0 aliphatic carbocycles. The summed E-state index contributed by atoms with van der Waals surface area (Å²) < 4.78 is 3.33. The quantitative estimate of drug-likeness (QED) is 0.803. The number of benzene rings is 1. The highest BCUT2D eigenvalue weighted by Gasteiger charge is 2.18.